The number of hydrogen-bond acceptors (Lipinski definition) is 2. The first-order valence-corrected chi connectivity index (χ1v) is 5.68. The van der Waals surface area contributed by atoms with Crippen LogP contribution in [0.15, 0.2) is 28.5 Å². The largest absolute Gasteiger partial charge is 0.313 e. The first-order valence-electron chi connectivity index (χ1n) is 5.68. The van der Waals surface area contributed by atoms with Gasteiger partial charge in [-0.3, -0.25) is 9.79 Å². The molecule has 0 saturated heterocycles. The van der Waals surface area contributed by atoms with Gasteiger partial charge in [-0.1, -0.05) is 26.8 Å². The summed E-state index contributed by atoms with van der Waals surface area (Å²) in [5, 5.41) is 0. The minimum atomic E-state index is -0.0196. The molecular formula is C13H18N2O. The van der Waals surface area contributed by atoms with E-state index in [9.17, 15) is 4.79 Å². The number of nitrogens with zero attached hydrogens (tertiary/aromatic N) is 2. The molecule has 2 heterocycles. The van der Waals surface area contributed by atoms with E-state index in [2.05, 4.69) is 31.8 Å². The van der Waals surface area contributed by atoms with Gasteiger partial charge in [-0.15, -0.1) is 0 Å². The molecule has 0 N–H and O–H groups in total. The van der Waals surface area contributed by atoms with Gasteiger partial charge in [-0.05, 0) is 12.0 Å². The zero-order valence-electron chi connectivity index (χ0n) is 10.3. The lowest BCUT2D eigenvalue weighted by atomic mass is 9.80. The van der Waals surface area contributed by atoms with Crippen molar-refractivity contribution in [1.29, 1.82) is 0 Å². The maximum absolute atomic E-state index is 11.5. The van der Waals surface area contributed by atoms with Gasteiger partial charge in [0.2, 0.25) is 5.91 Å². The quantitative estimate of drug-likeness (QED) is 0.665. The third-order valence-electron chi connectivity index (χ3n) is 3.69. The fourth-order valence-corrected chi connectivity index (χ4v) is 1.86. The molecule has 86 valence electrons. The number of aliphatic imine (C=N–C) groups is 1. The van der Waals surface area contributed by atoms with E-state index in [0.717, 1.165) is 11.4 Å². The number of hydrogen-bond donors (Lipinski definition) is 0. The Morgan fingerprint density at radius 3 is 2.81 bits per heavy atom. The maximum Gasteiger partial charge on any atom is 0.232 e. The summed E-state index contributed by atoms with van der Waals surface area (Å²) in [5.41, 5.74) is 1.83. The van der Waals surface area contributed by atoms with Crippen molar-refractivity contribution in [1.82, 2.24) is 4.90 Å². The molecule has 2 aliphatic rings. The molecule has 0 aromatic heterocycles. The van der Waals surface area contributed by atoms with Gasteiger partial charge in [0.25, 0.3) is 0 Å². The minimum Gasteiger partial charge on any atom is -0.313 e. The van der Waals surface area contributed by atoms with Crippen LogP contribution in [0.2, 0.25) is 0 Å². The number of likely N-dealkylation sites (N-methyl/N-ethyl adjacent to an activating group) is 1. The Kier molecular flexibility index (Phi) is 2.49. The minimum absolute atomic E-state index is 0.0196. The SMILES string of the molecule is CC(C)C1(C)C=CC2=C(CC(=O)N2C)N=C1. The molecule has 0 bridgehead atoms. The van der Waals surface area contributed by atoms with Crippen LogP contribution in [0, 0.1) is 11.3 Å². The zero-order chi connectivity index (χ0) is 11.9. The van der Waals surface area contributed by atoms with Gasteiger partial charge >= 0.3 is 0 Å². The average Bonchev–Trinajstić information content (AvgIpc) is 2.40. The molecule has 1 unspecified atom stereocenters. The van der Waals surface area contributed by atoms with Crippen LogP contribution >= 0.6 is 0 Å². The van der Waals surface area contributed by atoms with Crippen molar-refractivity contribution in [3.8, 4) is 0 Å². The molecule has 3 nitrogen and oxygen atoms in total. The molecule has 0 aliphatic carbocycles. The fraction of sp³-hybridized carbons (Fsp3) is 0.538. The summed E-state index contributed by atoms with van der Waals surface area (Å²) >= 11 is 0. The van der Waals surface area contributed by atoms with Gasteiger partial charge in [0.05, 0.1) is 17.8 Å². The Morgan fingerprint density at radius 2 is 2.19 bits per heavy atom. The van der Waals surface area contributed by atoms with Crippen molar-refractivity contribution in [3.63, 3.8) is 0 Å². The molecule has 16 heavy (non-hydrogen) atoms. The van der Waals surface area contributed by atoms with E-state index in [4.69, 9.17) is 0 Å². The highest BCUT2D eigenvalue weighted by Gasteiger charge is 2.30. The standard InChI is InChI=1S/C13H18N2O/c1-9(2)13(3)6-5-11-10(14-8-13)7-12(16)15(11)4/h5-6,8-9H,7H2,1-4H3. The molecule has 0 aromatic carbocycles. The molecule has 0 aromatic rings. The van der Waals surface area contributed by atoms with Crippen LogP contribution in [0.25, 0.3) is 0 Å². The van der Waals surface area contributed by atoms with Gasteiger partial charge < -0.3 is 4.90 Å². The van der Waals surface area contributed by atoms with Crippen LogP contribution in [0.1, 0.15) is 27.2 Å². The van der Waals surface area contributed by atoms with Gasteiger partial charge in [0, 0.05) is 18.7 Å². The van der Waals surface area contributed by atoms with Crippen molar-refractivity contribution in [2.24, 2.45) is 16.3 Å². The predicted octanol–water partition coefficient (Wildman–Crippen LogP) is 2.36. The normalized spacial score (nSPS) is 29.1. The van der Waals surface area contributed by atoms with E-state index in [1.165, 1.54) is 0 Å². The number of allylic oxidation sites excluding steroid dienone is 2. The topological polar surface area (TPSA) is 32.7 Å². The number of rotatable bonds is 1. The number of carbonyl (C=O) groups is 1. The van der Waals surface area contributed by atoms with Crippen LogP contribution in [0.5, 0.6) is 0 Å². The van der Waals surface area contributed by atoms with Crippen LogP contribution in [-0.4, -0.2) is 24.1 Å². The number of amides is 1. The molecule has 0 fully saturated rings. The Labute approximate surface area is 96.5 Å². The second kappa shape index (κ2) is 3.58. The summed E-state index contributed by atoms with van der Waals surface area (Å²) in [6.07, 6.45) is 6.59. The van der Waals surface area contributed by atoms with Crippen molar-refractivity contribution < 1.29 is 4.79 Å². The van der Waals surface area contributed by atoms with E-state index >= 15 is 0 Å². The lowest BCUT2D eigenvalue weighted by Crippen LogP contribution is -2.23. The predicted molar refractivity (Wildman–Crippen MR) is 65.0 cm³/mol. The van der Waals surface area contributed by atoms with E-state index in [1.807, 2.05) is 19.3 Å². The molecule has 0 spiro atoms. The lowest BCUT2D eigenvalue weighted by Gasteiger charge is -2.25. The first-order chi connectivity index (χ1) is 7.44. The Hall–Kier alpha value is -1.38. The Balaban J connectivity index is 2.36. The second-order valence-corrected chi connectivity index (χ2v) is 5.07. The van der Waals surface area contributed by atoms with Gasteiger partial charge in [0.15, 0.2) is 0 Å². The summed E-state index contributed by atoms with van der Waals surface area (Å²) in [6.45, 7) is 6.53. The third kappa shape index (κ3) is 1.60. The maximum atomic E-state index is 11.5. The molecule has 0 radical (unpaired) electrons. The van der Waals surface area contributed by atoms with E-state index < -0.39 is 0 Å². The summed E-state index contributed by atoms with van der Waals surface area (Å²) in [5.74, 6) is 0.619. The van der Waals surface area contributed by atoms with Crippen LogP contribution in [-0.2, 0) is 4.79 Å². The molecular weight excluding hydrogens is 200 g/mol. The average molecular weight is 218 g/mol. The van der Waals surface area contributed by atoms with Crippen molar-refractivity contribution in [2.75, 3.05) is 7.05 Å². The van der Waals surface area contributed by atoms with Crippen molar-refractivity contribution >= 4 is 12.1 Å². The Morgan fingerprint density at radius 1 is 1.50 bits per heavy atom. The van der Waals surface area contributed by atoms with Gasteiger partial charge in [0.1, 0.15) is 0 Å². The third-order valence-corrected chi connectivity index (χ3v) is 3.69. The Bertz CT molecular complexity index is 418. The monoisotopic (exact) mass is 218 g/mol. The molecule has 1 atom stereocenters. The summed E-state index contributed by atoms with van der Waals surface area (Å²) < 4.78 is 0. The highest BCUT2D eigenvalue weighted by Crippen LogP contribution is 2.33. The second-order valence-electron chi connectivity index (χ2n) is 5.07. The lowest BCUT2D eigenvalue weighted by molar-refractivity contribution is -0.125. The molecule has 1 amide bonds. The zero-order valence-corrected chi connectivity index (χ0v) is 10.3. The highest BCUT2D eigenvalue weighted by atomic mass is 16.2. The van der Waals surface area contributed by atoms with E-state index in [0.29, 0.717) is 12.3 Å². The van der Waals surface area contributed by atoms with Crippen LogP contribution < -0.4 is 0 Å². The van der Waals surface area contributed by atoms with Crippen LogP contribution in [0.3, 0.4) is 0 Å². The highest BCUT2D eigenvalue weighted by molar-refractivity contribution is 5.86. The summed E-state index contributed by atoms with van der Waals surface area (Å²) in [7, 11) is 1.81. The van der Waals surface area contributed by atoms with Gasteiger partial charge in [-0.2, -0.15) is 0 Å². The number of carbonyl (C=O) groups excluding carboxylic acids is 1. The van der Waals surface area contributed by atoms with Crippen LogP contribution in [0.4, 0.5) is 0 Å². The molecule has 2 aliphatic heterocycles. The smallest absolute Gasteiger partial charge is 0.232 e. The van der Waals surface area contributed by atoms with Crippen molar-refractivity contribution in [3.05, 3.63) is 23.5 Å². The van der Waals surface area contributed by atoms with E-state index in [-0.39, 0.29) is 11.3 Å². The van der Waals surface area contributed by atoms with Crippen molar-refractivity contribution in [2.45, 2.75) is 27.2 Å². The molecule has 0 saturated carbocycles. The van der Waals surface area contributed by atoms with Gasteiger partial charge in [-0.25, -0.2) is 0 Å². The summed E-state index contributed by atoms with van der Waals surface area (Å²) in [6, 6.07) is 0. The van der Waals surface area contributed by atoms with E-state index in [1.54, 1.807) is 4.90 Å². The summed E-state index contributed by atoms with van der Waals surface area (Å²) in [4.78, 5) is 17.7. The fourth-order valence-electron chi connectivity index (χ4n) is 1.86. The molecule has 2 rings (SSSR count). The molecule has 3 heteroatoms. The first kappa shape index (κ1) is 11.1.